The molecule has 1 heterocycles. The Kier molecular flexibility index (Phi) is 20.2. The van der Waals surface area contributed by atoms with Crippen molar-refractivity contribution in [2.75, 3.05) is 16.4 Å². The maximum absolute atomic E-state index is 13.5. The first kappa shape index (κ1) is 49.1. The largest absolute Gasteiger partial charge is 0.490 e. The van der Waals surface area contributed by atoms with Crippen molar-refractivity contribution in [2.24, 2.45) is 5.73 Å². The monoisotopic (exact) mass is 824 g/mol. The lowest BCUT2D eigenvalue weighted by Gasteiger charge is -2.17. The number of halogens is 6. The van der Waals surface area contributed by atoms with E-state index in [-0.39, 0.29) is 43.2 Å². The average molecular weight is 825 g/mol. The Morgan fingerprint density at radius 1 is 0.966 bits per heavy atom. The summed E-state index contributed by atoms with van der Waals surface area (Å²) >= 11 is 0. The smallest absolute Gasteiger partial charge is 0.483 e. The van der Waals surface area contributed by atoms with E-state index in [0.717, 1.165) is 24.0 Å². The number of benzene rings is 3. The number of amidine groups is 1. The number of anilines is 3. The quantitative estimate of drug-likeness (QED) is 0.0286. The van der Waals surface area contributed by atoms with Crippen molar-refractivity contribution in [2.45, 2.75) is 65.6 Å². The molecule has 0 aliphatic heterocycles. The summed E-state index contributed by atoms with van der Waals surface area (Å²) in [6.07, 6.45) is -1.62. The Bertz CT molecular complexity index is 2040. The SMILES string of the molecule is CCCc1ccc(C(=O)Nc2cc(N)cc(-c3cnc(NC(C)C)c(=O)n3CC(=O)NCc3ccc(C(=N)N)cc3)c2)cc1.FC(F)F.O=C(O)C(F)(F)F.O=CO. The Hall–Kier alpha value is -6.93. The van der Waals surface area contributed by atoms with Crippen LogP contribution in [0.15, 0.2) is 77.7 Å². The van der Waals surface area contributed by atoms with Gasteiger partial charge in [0.15, 0.2) is 5.82 Å². The number of carboxylic acid groups (broad SMARTS) is 2. The lowest BCUT2D eigenvalue weighted by Crippen LogP contribution is -2.35. The number of rotatable bonds is 12. The number of nitrogen functional groups attached to an aromatic ring is 2. The van der Waals surface area contributed by atoms with E-state index in [0.29, 0.717) is 33.8 Å². The third kappa shape index (κ3) is 17.7. The van der Waals surface area contributed by atoms with Gasteiger partial charge in [0.25, 0.3) is 17.9 Å². The summed E-state index contributed by atoms with van der Waals surface area (Å²) in [6, 6.07) is 19.3. The molecular formula is C37H42F6N8O7. The summed E-state index contributed by atoms with van der Waals surface area (Å²) in [6.45, 7) is 1.89. The first-order valence-corrected chi connectivity index (χ1v) is 16.8. The van der Waals surface area contributed by atoms with Crippen LogP contribution in [0.2, 0.25) is 0 Å². The van der Waals surface area contributed by atoms with Crippen LogP contribution in [0, 0.1) is 5.41 Å². The van der Waals surface area contributed by atoms with Crippen molar-refractivity contribution in [1.82, 2.24) is 14.9 Å². The van der Waals surface area contributed by atoms with Crippen LogP contribution in [-0.2, 0) is 33.9 Å². The topological polar surface area (TPSA) is 256 Å². The zero-order chi connectivity index (χ0) is 44.2. The minimum Gasteiger partial charge on any atom is -0.483 e. The van der Waals surface area contributed by atoms with Gasteiger partial charge in [-0.1, -0.05) is 49.7 Å². The van der Waals surface area contributed by atoms with Gasteiger partial charge < -0.3 is 37.6 Å². The zero-order valence-corrected chi connectivity index (χ0v) is 31.2. The van der Waals surface area contributed by atoms with Crippen molar-refractivity contribution < 1.29 is 55.7 Å². The maximum atomic E-state index is 13.5. The molecule has 10 N–H and O–H groups in total. The molecule has 15 nitrogen and oxygen atoms in total. The van der Waals surface area contributed by atoms with Gasteiger partial charge in [0.2, 0.25) is 5.91 Å². The van der Waals surface area contributed by atoms with E-state index >= 15 is 0 Å². The molecule has 0 aliphatic rings. The number of carbonyl (C=O) groups excluding carboxylic acids is 2. The predicted octanol–water partition coefficient (Wildman–Crippen LogP) is 5.63. The van der Waals surface area contributed by atoms with E-state index < -0.39 is 30.3 Å². The highest BCUT2D eigenvalue weighted by Crippen LogP contribution is 2.26. The number of carbonyl (C=O) groups is 4. The Morgan fingerprint density at radius 3 is 1.97 bits per heavy atom. The fraction of sp³-hybridized carbons (Fsp3) is 0.270. The van der Waals surface area contributed by atoms with E-state index in [2.05, 4.69) is 27.9 Å². The molecule has 3 aromatic carbocycles. The number of hydrogen-bond acceptors (Lipinski definition) is 9. The minimum absolute atomic E-state index is 0.0404. The van der Waals surface area contributed by atoms with Crippen LogP contribution in [-0.4, -0.2) is 68.8 Å². The number of hydrogen-bond donors (Lipinski definition) is 8. The summed E-state index contributed by atoms with van der Waals surface area (Å²) in [5.74, 6) is -3.38. The number of aromatic nitrogens is 2. The molecule has 2 amide bonds. The molecule has 21 heteroatoms. The van der Waals surface area contributed by atoms with Crippen molar-refractivity contribution in [3.05, 3.63) is 106 Å². The van der Waals surface area contributed by atoms with Gasteiger partial charge >= 0.3 is 18.8 Å². The number of alkyl halides is 6. The summed E-state index contributed by atoms with van der Waals surface area (Å²) in [7, 11) is 0. The highest BCUT2D eigenvalue weighted by Gasteiger charge is 2.38. The molecule has 1 aromatic heterocycles. The molecule has 58 heavy (non-hydrogen) atoms. The number of carboxylic acids is 1. The van der Waals surface area contributed by atoms with Crippen molar-refractivity contribution in [3.63, 3.8) is 0 Å². The molecule has 0 unspecified atom stereocenters. The number of nitrogens with two attached hydrogens (primary N) is 2. The molecule has 0 saturated heterocycles. The lowest BCUT2D eigenvalue weighted by atomic mass is 10.1. The average Bonchev–Trinajstić information content (AvgIpc) is 3.12. The van der Waals surface area contributed by atoms with Gasteiger partial charge in [0, 0.05) is 40.7 Å². The van der Waals surface area contributed by atoms with Crippen LogP contribution in [0.1, 0.15) is 54.2 Å². The number of nitrogens with zero attached hydrogens (tertiary/aromatic N) is 2. The van der Waals surface area contributed by atoms with E-state index in [9.17, 15) is 40.7 Å². The molecule has 4 rings (SSSR count). The molecular weight excluding hydrogens is 782 g/mol. The van der Waals surface area contributed by atoms with Crippen LogP contribution in [0.5, 0.6) is 0 Å². The van der Waals surface area contributed by atoms with E-state index in [1.165, 1.54) is 10.8 Å². The predicted molar refractivity (Wildman–Crippen MR) is 204 cm³/mol. The first-order valence-electron chi connectivity index (χ1n) is 16.8. The molecule has 0 atom stereocenters. The third-order valence-corrected chi connectivity index (χ3v) is 7.04. The number of amides is 2. The Labute approximate surface area is 327 Å². The number of aliphatic carboxylic acids is 1. The Morgan fingerprint density at radius 2 is 1.48 bits per heavy atom. The number of nitrogens with one attached hydrogen (secondary N) is 4. The summed E-state index contributed by atoms with van der Waals surface area (Å²) in [5, 5.41) is 30.3. The second-order valence-corrected chi connectivity index (χ2v) is 12.0. The second kappa shape index (κ2) is 23.9. The van der Waals surface area contributed by atoms with E-state index in [1.54, 1.807) is 54.6 Å². The molecule has 314 valence electrons. The van der Waals surface area contributed by atoms with Crippen molar-refractivity contribution in [1.29, 1.82) is 5.41 Å². The van der Waals surface area contributed by atoms with Crippen molar-refractivity contribution >= 4 is 47.3 Å². The van der Waals surface area contributed by atoms with Gasteiger partial charge in [-0.25, -0.2) is 9.78 Å². The van der Waals surface area contributed by atoms with Crippen LogP contribution >= 0.6 is 0 Å². The standard InChI is InChI=1S/C33H38N8O3.C2HF3O2.CHF3.CH2O2/c1-4-5-21-6-12-24(13-7-21)32(43)40-27-15-25(14-26(34)16-27)28-18-38-31(39-20(2)3)33(44)41(28)19-29(42)37-17-22-8-10-23(11-9-22)30(35)36;3-2(4,5)1(6)7;2-1(3)4;2-1-3/h6-16,18,20H,4-5,17,19,34H2,1-3H3,(H3,35,36)(H,37,42)(H,38,39)(H,40,43);(H,6,7);1H;1H,(H,2,3). The fourth-order valence-corrected chi connectivity index (χ4v) is 4.64. The van der Waals surface area contributed by atoms with Crippen LogP contribution in [0.4, 0.5) is 43.5 Å². The fourth-order valence-electron chi connectivity index (χ4n) is 4.64. The highest BCUT2D eigenvalue weighted by atomic mass is 19.4. The third-order valence-electron chi connectivity index (χ3n) is 7.04. The molecule has 0 aliphatic carbocycles. The van der Waals surface area contributed by atoms with Crippen molar-refractivity contribution in [3.8, 4) is 11.3 Å². The summed E-state index contributed by atoms with van der Waals surface area (Å²) in [5.41, 5.74) is 16.0. The summed E-state index contributed by atoms with van der Waals surface area (Å²) in [4.78, 5) is 61.2. The van der Waals surface area contributed by atoms with Crippen LogP contribution < -0.4 is 33.0 Å². The van der Waals surface area contributed by atoms with E-state index in [1.807, 2.05) is 26.0 Å². The normalized spacial score (nSPS) is 10.4. The zero-order valence-electron chi connectivity index (χ0n) is 31.2. The van der Waals surface area contributed by atoms with Crippen LogP contribution in [0.3, 0.4) is 0 Å². The molecule has 0 fully saturated rings. The van der Waals surface area contributed by atoms with Gasteiger partial charge in [0.05, 0.1) is 11.9 Å². The minimum atomic E-state index is -5.08. The van der Waals surface area contributed by atoms with Gasteiger partial charge in [-0.15, -0.1) is 0 Å². The van der Waals surface area contributed by atoms with E-state index in [4.69, 9.17) is 36.7 Å². The highest BCUT2D eigenvalue weighted by molar-refractivity contribution is 6.04. The molecule has 0 bridgehead atoms. The molecule has 4 aromatic rings. The molecule has 0 radical (unpaired) electrons. The van der Waals surface area contributed by atoms with Gasteiger partial charge in [-0.2, -0.15) is 26.3 Å². The van der Waals surface area contributed by atoms with Gasteiger partial charge in [-0.05, 0) is 61.7 Å². The lowest BCUT2D eigenvalue weighted by molar-refractivity contribution is -0.192. The van der Waals surface area contributed by atoms with Crippen LogP contribution in [0.25, 0.3) is 11.3 Å². The first-order chi connectivity index (χ1) is 27.1. The Balaban J connectivity index is 0.00000103. The van der Waals surface area contributed by atoms with Gasteiger partial charge in [-0.3, -0.25) is 29.2 Å². The number of aryl methyl sites for hydroxylation is 1. The molecule has 0 spiro atoms. The molecule has 0 saturated carbocycles. The second-order valence-electron chi connectivity index (χ2n) is 12.0. The summed E-state index contributed by atoms with van der Waals surface area (Å²) < 4.78 is 62.1. The maximum Gasteiger partial charge on any atom is 0.490 e. The van der Waals surface area contributed by atoms with Gasteiger partial charge in [0.1, 0.15) is 12.4 Å².